The number of hydrogen-bond acceptors (Lipinski definition) is 3. The molecule has 0 spiro atoms. The second-order valence-electron chi connectivity index (χ2n) is 5.63. The number of amides is 1. The van der Waals surface area contributed by atoms with Crippen molar-refractivity contribution < 1.29 is 44.3 Å². The van der Waals surface area contributed by atoms with Crippen molar-refractivity contribution in [3.63, 3.8) is 0 Å². The van der Waals surface area contributed by atoms with Crippen LogP contribution in [0.15, 0.2) is 41.2 Å². The molecule has 0 saturated carbocycles. The number of hydrogen-bond donors (Lipinski definition) is 1. The van der Waals surface area contributed by atoms with Crippen molar-refractivity contribution in [2.24, 2.45) is 5.84 Å². The molecule has 1 aromatic rings. The number of benzene rings is 1. The van der Waals surface area contributed by atoms with Gasteiger partial charge in [0.15, 0.2) is 5.70 Å². The van der Waals surface area contributed by atoms with E-state index in [0.29, 0.717) is 17.2 Å². The summed E-state index contributed by atoms with van der Waals surface area (Å²) >= 11 is 2.40. The maximum absolute atomic E-state index is 13.4. The summed E-state index contributed by atoms with van der Waals surface area (Å²) in [7, 11) is 0. The maximum Gasteiger partial charge on any atom is 0.433 e. The first-order valence-electron chi connectivity index (χ1n) is 7.26. The zero-order valence-electron chi connectivity index (χ0n) is 13.8. The number of nitrogens with zero attached hydrogens (tertiary/aromatic N) is 2. The molecule has 0 saturated heterocycles. The molecular formula is C15H9BrF9N3O. The summed E-state index contributed by atoms with van der Waals surface area (Å²) in [5, 5.41) is -0.189. The number of carbonyl (C=O) groups excluding carboxylic acids is 1. The van der Waals surface area contributed by atoms with Gasteiger partial charge in [-0.3, -0.25) is 14.7 Å². The molecule has 0 fully saturated rings. The Hall–Kier alpha value is -2.22. The first-order chi connectivity index (χ1) is 13.0. The number of carbonyl (C=O) groups is 1. The van der Waals surface area contributed by atoms with Crippen molar-refractivity contribution in [2.75, 3.05) is 0 Å². The van der Waals surface area contributed by atoms with Crippen molar-refractivity contribution in [2.45, 2.75) is 24.7 Å². The summed E-state index contributed by atoms with van der Waals surface area (Å²) in [5.74, 6) is 3.95. The Labute approximate surface area is 165 Å². The molecule has 160 valence electrons. The van der Waals surface area contributed by atoms with Gasteiger partial charge in [-0.2, -0.15) is 39.5 Å². The molecule has 1 aliphatic heterocycles. The predicted molar refractivity (Wildman–Crippen MR) is 84.3 cm³/mol. The molecule has 0 aliphatic carbocycles. The second-order valence-corrected chi connectivity index (χ2v) is 6.43. The lowest BCUT2D eigenvalue weighted by atomic mass is 9.98. The van der Waals surface area contributed by atoms with Crippen LogP contribution in [0.5, 0.6) is 0 Å². The molecule has 4 nitrogen and oxygen atoms in total. The Bertz CT molecular complexity index is 873. The average molecular weight is 498 g/mol. The second kappa shape index (κ2) is 7.23. The molecule has 29 heavy (non-hydrogen) atoms. The van der Waals surface area contributed by atoms with Gasteiger partial charge in [0.25, 0.3) is 5.91 Å². The van der Waals surface area contributed by atoms with E-state index in [1.165, 1.54) is 0 Å². The molecule has 0 aromatic heterocycles. The van der Waals surface area contributed by atoms with E-state index >= 15 is 0 Å². The predicted octanol–water partition coefficient (Wildman–Crippen LogP) is 5.05. The third-order valence-electron chi connectivity index (χ3n) is 3.84. The first kappa shape index (κ1) is 23.1. The highest BCUT2D eigenvalue weighted by Crippen LogP contribution is 2.46. The Morgan fingerprint density at radius 2 is 1.55 bits per heavy atom. The van der Waals surface area contributed by atoms with Gasteiger partial charge in [0.05, 0.1) is 11.1 Å². The standard InChI is InChI=1S/C15H9BrF9N3O/c1-2-27-11(28(26)10(15(23,24)25)9(16)12(27)29)7-4-3-6(13(17,18)19)5-8(7)14(20,21)22/h2-5,11H,1,26H2. The fourth-order valence-electron chi connectivity index (χ4n) is 2.65. The number of hydrazine groups is 1. The van der Waals surface area contributed by atoms with Crippen molar-refractivity contribution in [3.05, 3.63) is 57.8 Å². The minimum Gasteiger partial charge on any atom is -0.288 e. The summed E-state index contributed by atoms with van der Waals surface area (Å²) in [4.78, 5) is 12.6. The Balaban J connectivity index is 2.81. The summed E-state index contributed by atoms with van der Waals surface area (Å²) in [5.41, 5.74) is -6.51. The molecular weight excluding hydrogens is 489 g/mol. The van der Waals surface area contributed by atoms with Crippen LogP contribution in [0.1, 0.15) is 22.9 Å². The van der Waals surface area contributed by atoms with Gasteiger partial charge in [-0.15, -0.1) is 0 Å². The van der Waals surface area contributed by atoms with Crippen LogP contribution in [-0.2, 0) is 17.1 Å². The summed E-state index contributed by atoms with van der Waals surface area (Å²) in [6.45, 7) is 3.15. The average Bonchev–Trinajstić information content (AvgIpc) is 2.54. The summed E-state index contributed by atoms with van der Waals surface area (Å²) < 4.78 is 118. The van der Waals surface area contributed by atoms with Crippen LogP contribution < -0.4 is 5.84 Å². The summed E-state index contributed by atoms with van der Waals surface area (Å²) in [6, 6.07) is 0.285. The van der Waals surface area contributed by atoms with Gasteiger partial charge < -0.3 is 0 Å². The van der Waals surface area contributed by atoms with Gasteiger partial charge in [-0.05, 0) is 28.1 Å². The number of halogens is 10. The quantitative estimate of drug-likeness (QED) is 0.459. The molecule has 1 heterocycles. The zero-order chi connectivity index (χ0) is 22.5. The van der Waals surface area contributed by atoms with Gasteiger partial charge in [0.1, 0.15) is 10.6 Å². The van der Waals surface area contributed by atoms with Crippen LogP contribution in [0.3, 0.4) is 0 Å². The number of allylic oxidation sites excluding steroid dienone is 1. The Morgan fingerprint density at radius 3 is 1.97 bits per heavy atom. The van der Waals surface area contributed by atoms with Crippen LogP contribution in [0.25, 0.3) is 0 Å². The molecule has 1 aromatic carbocycles. The fourth-order valence-corrected chi connectivity index (χ4v) is 3.29. The van der Waals surface area contributed by atoms with E-state index in [9.17, 15) is 44.3 Å². The van der Waals surface area contributed by atoms with Gasteiger partial charge >= 0.3 is 18.5 Å². The number of alkyl halides is 9. The van der Waals surface area contributed by atoms with Gasteiger partial charge in [-0.1, -0.05) is 12.6 Å². The molecule has 0 bridgehead atoms. The lowest BCUT2D eigenvalue weighted by Gasteiger charge is -2.42. The number of rotatable bonds is 2. The normalized spacial score (nSPS) is 19.1. The molecule has 1 amide bonds. The van der Waals surface area contributed by atoms with E-state index < -0.39 is 57.5 Å². The van der Waals surface area contributed by atoms with Crippen LogP contribution in [0.4, 0.5) is 39.5 Å². The molecule has 1 atom stereocenters. The van der Waals surface area contributed by atoms with Crippen molar-refractivity contribution in [3.8, 4) is 0 Å². The van der Waals surface area contributed by atoms with Crippen LogP contribution in [0, 0.1) is 0 Å². The van der Waals surface area contributed by atoms with E-state index in [1.54, 1.807) is 0 Å². The van der Waals surface area contributed by atoms with Crippen molar-refractivity contribution >= 4 is 21.8 Å². The minimum absolute atomic E-state index is 0.189. The highest BCUT2D eigenvalue weighted by molar-refractivity contribution is 9.12. The van der Waals surface area contributed by atoms with Crippen LogP contribution >= 0.6 is 15.9 Å². The topological polar surface area (TPSA) is 49.6 Å². The van der Waals surface area contributed by atoms with E-state index in [2.05, 4.69) is 22.5 Å². The first-order valence-corrected chi connectivity index (χ1v) is 8.05. The fraction of sp³-hybridized carbons (Fsp3) is 0.267. The molecule has 14 heteroatoms. The maximum atomic E-state index is 13.4. The van der Waals surface area contributed by atoms with Gasteiger partial charge in [0.2, 0.25) is 0 Å². The minimum atomic E-state index is -5.40. The molecule has 1 aliphatic rings. The zero-order valence-corrected chi connectivity index (χ0v) is 15.3. The summed E-state index contributed by atoms with van der Waals surface area (Å²) in [6.07, 6.45) is -17.5. The lowest BCUT2D eigenvalue weighted by molar-refractivity contribution is -0.150. The van der Waals surface area contributed by atoms with E-state index in [1.807, 2.05) is 0 Å². The smallest absolute Gasteiger partial charge is 0.288 e. The molecule has 1 unspecified atom stereocenters. The van der Waals surface area contributed by atoms with Gasteiger partial charge in [-0.25, -0.2) is 5.84 Å². The lowest BCUT2D eigenvalue weighted by Crippen LogP contribution is -2.53. The van der Waals surface area contributed by atoms with Crippen LogP contribution in [-0.4, -0.2) is 22.0 Å². The SMILES string of the molecule is C=CN1C(=O)C(Br)=C(C(F)(F)F)N(N)C1c1ccc(C(F)(F)F)cc1C(F)(F)F. The third kappa shape index (κ3) is 4.22. The van der Waals surface area contributed by atoms with E-state index in [-0.39, 0.29) is 17.1 Å². The number of nitrogens with two attached hydrogens (primary N) is 1. The highest BCUT2D eigenvalue weighted by atomic mass is 79.9. The Morgan fingerprint density at radius 1 is 1.00 bits per heavy atom. The van der Waals surface area contributed by atoms with Crippen molar-refractivity contribution in [1.82, 2.24) is 9.91 Å². The van der Waals surface area contributed by atoms with E-state index in [4.69, 9.17) is 5.84 Å². The van der Waals surface area contributed by atoms with Crippen molar-refractivity contribution in [1.29, 1.82) is 0 Å². The Kier molecular flexibility index (Phi) is 5.75. The molecule has 0 radical (unpaired) electrons. The monoisotopic (exact) mass is 497 g/mol. The molecule has 2 rings (SSSR count). The largest absolute Gasteiger partial charge is 0.433 e. The van der Waals surface area contributed by atoms with E-state index in [0.717, 1.165) is 0 Å². The van der Waals surface area contributed by atoms with Gasteiger partial charge in [0, 0.05) is 11.8 Å². The highest BCUT2D eigenvalue weighted by Gasteiger charge is 2.51. The van der Waals surface area contributed by atoms with Crippen LogP contribution in [0.2, 0.25) is 0 Å². The molecule has 2 N–H and O–H groups in total. The third-order valence-corrected chi connectivity index (χ3v) is 4.56.